The summed E-state index contributed by atoms with van der Waals surface area (Å²) in [6.07, 6.45) is 1.57. The third kappa shape index (κ3) is 1.71. The Labute approximate surface area is 102 Å². The molecule has 2 fully saturated rings. The molecule has 0 aliphatic carbocycles. The summed E-state index contributed by atoms with van der Waals surface area (Å²) in [7, 11) is 0. The van der Waals surface area contributed by atoms with Crippen molar-refractivity contribution in [3.63, 3.8) is 0 Å². The van der Waals surface area contributed by atoms with Gasteiger partial charge in [0.05, 0.1) is 18.8 Å². The Bertz CT molecular complexity index is 378. The van der Waals surface area contributed by atoms with Gasteiger partial charge in [0.2, 0.25) is 0 Å². The van der Waals surface area contributed by atoms with E-state index in [0.29, 0.717) is 12.1 Å². The fourth-order valence-electron chi connectivity index (χ4n) is 2.34. The Balaban J connectivity index is 1.93. The second kappa shape index (κ2) is 3.55. The van der Waals surface area contributed by atoms with Crippen molar-refractivity contribution in [2.75, 3.05) is 18.1 Å². The summed E-state index contributed by atoms with van der Waals surface area (Å²) in [6.45, 7) is 3.78. The van der Waals surface area contributed by atoms with Crippen LogP contribution >= 0.6 is 22.6 Å². The first-order valence-electron chi connectivity index (χ1n) is 5.12. The number of hydrogen-bond donors (Lipinski definition) is 0. The predicted octanol–water partition coefficient (Wildman–Crippen LogP) is 1.37. The Kier molecular flexibility index (Phi) is 2.31. The number of aryl methyl sites for hydroxylation is 1. The molecule has 0 radical (unpaired) electrons. The number of hydrogen-bond acceptors (Lipinski definition) is 4. The summed E-state index contributed by atoms with van der Waals surface area (Å²) in [6, 6.07) is 2.58. The molecule has 0 spiro atoms. The first-order valence-corrected chi connectivity index (χ1v) is 6.19. The Morgan fingerprint density at radius 1 is 1.53 bits per heavy atom. The highest BCUT2D eigenvalue weighted by atomic mass is 127. The molecule has 0 amide bonds. The molecule has 2 unspecified atom stereocenters. The monoisotopic (exact) mass is 317 g/mol. The lowest BCUT2D eigenvalue weighted by Crippen LogP contribution is -2.37. The molecular formula is C10H12IN3O. The van der Waals surface area contributed by atoms with Gasteiger partial charge in [0.25, 0.3) is 0 Å². The van der Waals surface area contributed by atoms with Crippen molar-refractivity contribution in [1.29, 1.82) is 0 Å². The van der Waals surface area contributed by atoms with E-state index in [1.807, 2.05) is 13.0 Å². The van der Waals surface area contributed by atoms with Crippen molar-refractivity contribution in [2.24, 2.45) is 0 Å². The van der Waals surface area contributed by atoms with Crippen LogP contribution < -0.4 is 4.90 Å². The van der Waals surface area contributed by atoms with Crippen molar-refractivity contribution in [3.05, 3.63) is 15.6 Å². The summed E-state index contributed by atoms with van der Waals surface area (Å²) in [5.41, 5.74) is 0. The molecule has 0 N–H and O–H groups in total. The minimum atomic E-state index is 0.419. The molecule has 2 aliphatic heterocycles. The zero-order chi connectivity index (χ0) is 10.4. The largest absolute Gasteiger partial charge is 0.374 e. The Morgan fingerprint density at radius 3 is 3.00 bits per heavy atom. The van der Waals surface area contributed by atoms with Crippen molar-refractivity contribution >= 4 is 28.4 Å². The molecule has 4 nitrogen and oxygen atoms in total. The molecule has 0 saturated carbocycles. The normalized spacial score (nSPS) is 28.8. The predicted molar refractivity (Wildman–Crippen MR) is 65.0 cm³/mol. The molecule has 1 aromatic rings. The molecule has 15 heavy (non-hydrogen) atoms. The summed E-state index contributed by atoms with van der Waals surface area (Å²) in [4.78, 5) is 11.1. The summed E-state index contributed by atoms with van der Waals surface area (Å²) < 4.78 is 6.59. The van der Waals surface area contributed by atoms with Gasteiger partial charge in [-0.15, -0.1) is 0 Å². The van der Waals surface area contributed by atoms with Gasteiger partial charge in [-0.25, -0.2) is 9.97 Å². The van der Waals surface area contributed by atoms with E-state index in [1.54, 1.807) is 0 Å². The number of fused-ring (bicyclic) bond motifs is 2. The molecule has 2 atom stereocenters. The number of aromatic nitrogens is 2. The van der Waals surface area contributed by atoms with Gasteiger partial charge < -0.3 is 9.64 Å². The second-order valence-electron chi connectivity index (χ2n) is 4.09. The van der Waals surface area contributed by atoms with Crippen LogP contribution in [0.1, 0.15) is 12.2 Å². The van der Waals surface area contributed by atoms with Crippen LogP contribution in [0.25, 0.3) is 0 Å². The quantitative estimate of drug-likeness (QED) is 0.579. The van der Waals surface area contributed by atoms with E-state index in [1.165, 1.54) is 0 Å². The molecule has 5 heteroatoms. The van der Waals surface area contributed by atoms with Gasteiger partial charge in [-0.3, -0.25) is 0 Å². The number of nitrogens with zero attached hydrogens (tertiary/aromatic N) is 3. The molecule has 3 rings (SSSR count). The van der Waals surface area contributed by atoms with E-state index in [9.17, 15) is 0 Å². The maximum absolute atomic E-state index is 5.58. The lowest BCUT2D eigenvalue weighted by atomic mass is 10.2. The van der Waals surface area contributed by atoms with E-state index in [2.05, 4.69) is 37.5 Å². The first kappa shape index (κ1) is 9.77. The average molecular weight is 317 g/mol. The van der Waals surface area contributed by atoms with Gasteiger partial charge >= 0.3 is 0 Å². The zero-order valence-corrected chi connectivity index (χ0v) is 10.6. The van der Waals surface area contributed by atoms with Gasteiger partial charge in [0.1, 0.15) is 15.3 Å². The van der Waals surface area contributed by atoms with Crippen molar-refractivity contribution in [3.8, 4) is 0 Å². The highest BCUT2D eigenvalue weighted by molar-refractivity contribution is 14.1. The van der Waals surface area contributed by atoms with Gasteiger partial charge in [-0.1, -0.05) is 0 Å². The molecular weight excluding hydrogens is 305 g/mol. The van der Waals surface area contributed by atoms with E-state index < -0.39 is 0 Å². The highest BCUT2D eigenvalue weighted by Gasteiger charge is 2.39. The molecule has 0 aromatic carbocycles. The third-order valence-corrected chi connectivity index (χ3v) is 3.54. The van der Waals surface area contributed by atoms with Crippen LogP contribution in [0.3, 0.4) is 0 Å². The minimum absolute atomic E-state index is 0.419. The maximum atomic E-state index is 5.58. The lowest BCUT2D eigenvalue weighted by Gasteiger charge is -2.27. The number of rotatable bonds is 1. The highest BCUT2D eigenvalue weighted by Crippen LogP contribution is 2.31. The van der Waals surface area contributed by atoms with E-state index >= 15 is 0 Å². The Morgan fingerprint density at radius 2 is 2.40 bits per heavy atom. The fourth-order valence-corrected chi connectivity index (χ4v) is 2.97. The van der Waals surface area contributed by atoms with E-state index in [-0.39, 0.29) is 0 Å². The second-order valence-corrected chi connectivity index (χ2v) is 5.20. The van der Waals surface area contributed by atoms with Crippen LogP contribution in [-0.2, 0) is 4.74 Å². The molecule has 2 aliphatic rings. The SMILES string of the molecule is Cc1nc(I)cc(N2CC3CC2CO3)n1. The van der Waals surface area contributed by atoms with Crippen LogP contribution in [-0.4, -0.2) is 35.3 Å². The first-order chi connectivity index (χ1) is 7.22. The van der Waals surface area contributed by atoms with Crippen LogP contribution in [0.2, 0.25) is 0 Å². The summed E-state index contributed by atoms with van der Waals surface area (Å²) in [5, 5.41) is 0. The van der Waals surface area contributed by atoms with Gasteiger partial charge in [0.15, 0.2) is 0 Å². The molecule has 1 aromatic heterocycles. The van der Waals surface area contributed by atoms with E-state index in [4.69, 9.17) is 4.74 Å². The number of anilines is 1. The summed E-state index contributed by atoms with van der Waals surface area (Å²) in [5.74, 6) is 1.91. The maximum Gasteiger partial charge on any atom is 0.133 e. The summed E-state index contributed by atoms with van der Waals surface area (Å²) >= 11 is 2.24. The van der Waals surface area contributed by atoms with Crippen molar-refractivity contribution in [2.45, 2.75) is 25.5 Å². The molecule has 2 bridgehead atoms. The molecule has 2 saturated heterocycles. The molecule has 3 heterocycles. The van der Waals surface area contributed by atoms with Crippen LogP contribution in [0.15, 0.2) is 6.07 Å². The Hall–Kier alpha value is -0.430. The average Bonchev–Trinajstić information content (AvgIpc) is 2.76. The fraction of sp³-hybridized carbons (Fsp3) is 0.600. The van der Waals surface area contributed by atoms with Crippen LogP contribution in [0, 0.1) is 10.6 Å². The third-order valence-electron chi connectivity index (χ3n) is 2.99. The number of morpholine rings is 1. The topological polar surface area (TPSA) is 38.2 Å². The van der Waals surface area contributed by atoms with Gasteiger partial charge in [-0.2, -0.15) is 0 Å². The van der Waals surface area contributed by atoms with Crippen LogP contribution in [0.5, 0.6) is 0 Å². The van der Waals surface area contributed by atoms with Crippen LogP contribution in [0.4, 0.5) is 5.82 Å². The van der Waals surface area contributed by atoms with Crippen molar-refractivity contribution in [1.82, 2.24) is 9.97 Å². The van der Waals surface area contributed by atoms with Gasteiger partial charge in [-0.05, 0) is 35.9 Å². The zero-order valence-electron chi connectivity index (χ0n) is 8.48. The van der Waals surface area contributed by atoms with Crippen molar-refractivity contribution < 1.29 is 4.74 Å². The standard InChI is InChI=1S/C10H12IN3O/c1-6-12-9(11)3-10(13-6)14-4-8-2-7(14)5-15-8/h3,7-8H,2,4-5H2,1H3. The van der Waals surface area contributed by atoms with E-state index in [0.717, 1.165) is 34.9 Å². The number of ether oxygens (including phenoxy) is 1. The van der Waals surface area contributed by atoms with Gasteiger partial charge in [0, 0.05) is 12.6 Å². The lowest BCUT2D eigenvalue weighted by molar-refractivity contribution is 0.0988. The minimum Gasteiger partial charge on any atom is -0.374 e. The smallest absolute Gasteiger partial charge is 0.133 e. The molecule has 80 valence electrons. The number of halogens is 1.